The molecule has 0 unspecified atom stereocenters. The summed E-state index contributed by atoms with van der Waals surface area (Å²) in [6, 6.07) is 53.7. The monoisotopic (exact) mass is 809 g/mol. The zero-order valence-electron chi connectivity index (χ0n) is 38.3. The van der Waals surface area contributed by atoms with Gasteiger partial charge >= 0.3 is 0 Å². The van der Waals surface area contributed by atoms with Crippen LogP contribution in [-0.2, 0) is 0 Å². The van der Waals surface area contributed by atoms with E-state index in [4.69, 9.17) is 0 Å². The van der Waals surface area contributed by atoms with Crippen LogP contribution in [0.15, 0.2) is 164 Å². The van der Waals surface area contributed by atoms with Crippen LogP contribution in [0.5, 0.6) is 0 Å². The van der Waals surface area contributed by atoms with Gasteiger partial charge in [0.1, 0.15) is 0 Å². The summed E-state index contributed by atoms with van der Waals surface area (Å²) in [6.45, 7) is 0. The van der Waals surface area contributed by atoms with Crippen molar-refractivity contribution in [2.75, 3.05) is 114 Å². The Kier molecular flexibility index (Phi) is 14.1. The second-order valence-electron chi connectivity index (χ2n) is 17.0. The molecule has 0 aromatic heterocycles. The van der Waals surface area contributed by atoms with Crippen molar-refractivity contribution >= 4 is 50.8 Å². The predicted octanol–water partition coefficient (Wildman–Crippen LogP) is 11.4. The van der Waals surface area contributed by atoms with Crippen molar-refractivity contribution in [3.05, 3.63) is 197 Å². The highest BCUT2D eigenvalue weighted by Gasteiger charge is 2.16. The maximum absolute atomic E-state index is 2.46. The third-order valence-corrected chi connectivity index (χ3v) is 11.2. The quantitative estimate of drug-likeness (QED) is 0.102. The number of allylic oxidation sites excluding steroid dienone is 3. The summed E-state index contributed by atoms with van der Waals surface area (Å²) in [4.78, 5) is 12.9. The van der Waals surface area contributed by atoms with E-state index in [1.165, 1.54) is 16.7 Å². The minimum Gasteiger partial charge on any atom is -0.378 e. The summed E-state index contributed by atoms with van der Waals surface area (Å²) >= 11 is 0. The van der Waals surface area contributed by atoms with E-state index in [2.05, 4.69) is 278 Å². The SMILES string of the molecule is CN(C)c1ccc(C(=CC(C=C(c2ccc(N(C)C)cc2)c2ccc(N(C)C)cc2)C=C(c2ccc(N(C)C)cc2)c2ccc(N(C)C)cc2)c2ccc(N(C)C)cc2)cc1. The van der Waals surface area contributed by atoms with Gasteiger partial charge in [0, 0.05) is 125 Å². The van der Waals surface area contributed by atoms with Gasteiger partial charge in [0.25, 0.3) is 0 Å². The molecule has 0 heterocycles. The Morgan fingerprint density at radius 2 is 0.377 bits per heavy atom. The van der Waals surface area contributed by atoms with Crippen molar-refractivity contribution in [1.29, 1.82) is 0 Å². The molecule has 61 heavy (non-hydrogen) atoms. The summed E-state index contributed by atoms with van der Waals surface area (Å²) in [6.07, 6.45) is 7.38. The van der Waals surface area contributed by atoms with Gasteiger partial charge in [0.2, 0.25) is 0 Å². The van der Waals surface area contributed by atoms with Crippen LogP contribution in [0.25, 0.3) is 16.7 Å². The van der Waals surface area contributed by atoms with Gasteiger partial charge < -0.3 is 29.4 Å². The van der Waals surface area contributed by atoms with E-state index < -0.39 is 0 Å². The molecule has 0 saturated heterocycles. The van der Waals surface area contributed by atoms with Crippen LogP contribution in [0, 0.1) is 5.92 Å². The van der Waals surface area contributed by atoms with Crippen molar-refractivity contribution in [3.63, 3.8) is 0 Å². The standard InChI is InChI=1S/C55H64N6/c1-56(2)47-25-13-41(14-26-47)53(42-15-27-48(28-16-42)57(3)4)37-40(38-54(43-17-29-49(30-18-43)58(5)6)44-19-31-50(32-20-44)59(7)8)39-55(45-21-33-51(34-22-45)60(9)10)46-23-35-52(36-24-46)61(11)12/h13-40H,1-12H3. The summed E-state index contributed by atoms with van der Waals surface area (Å²) in [5.74, 6) is -0.147. The maximum atomic E-state index is 2.46. The minimum atomic E-state index is -0.147. The number of hydrogen-bond acceptors (Lipinski definition) is 6. The first-order valence-electron chi connectivity index (χ1n) is 21.0. The molecule has 6 nitrogen and oxygen atoms in total. The summed E-state index contributed by atoms with van der Waals surface area (Å²) in [5, 5.41) is 0. The van der Waals surface area contributed by atoms with Crippen LogP contribution in [-0.4, -0.2) is 84.6 Å². The van der Waals surface area contributed by atoms with Crippen LogP contribution in [0.1, 0.15) is 33.4 Å². The zero-order chi connectivity index (χ0) is 43.8. The van der Waals surface area contributed by atoms with E-state index >= 15 is 0 Å². The van der Waals surface area contributed by atoms with Gasteiger partial charge in [0.15, 0.2) is 0 Å². The minimum absolute atomic E-state index is 0.147. The molecule has 6 aromatic rings. The van der Waals surface area contributed by atoms with E-state index in [-0.39, 0.29) is 5.92 Å². The first kappa shape index (κ1) is 43.9. The van der Waals surface area contributed by atoms with Crippen molar-refractivity contribution in [2.45, 2.75) is 0 Å². The Morgan fingerprint density at radius 1 is 0.246 bits per heavy atom. The van der Waals surface area contributed by atoms with Crippen molar-refractivity contribution in [2.24, 2.45) is 5.92 Å². The molecule has 0 radical (unpaired) electrons. The third-order valence-electron chi connectivity index (χ3n) is 11.2. The molecule has 0 spiro atoms. The molecule has 0 amide bonds. The van der Waals surface area contributed by atoms with E-state index in [0.717, 1.165) is 67.5 Å². The Balaban J connectivity index is 1.68. The van der Waals surface area contributed by atoms with Crippen molar-refractivity contribution in [3.8, 4) is 0 Å². The summed E-state index contributed by atoms with van der Waals surface area (Å²) in [7, 11) is 25.1. The topological polar surface area (TPSA) is 19.4 Å². The number of hydrogen-bond donors (Lipinski definition) is 0. The molecule has 0 aliphatic heterocycles. The van der Waals surface area contributed by atoms with E-state index in [9.17, 15) is 0 Å². The van der Waals surface area contributed by atoms with Crippen LogP contribution >= 0.6 is 0 Å². The zero-order valence-corrected chi connectivity index (χ0v) is 38.3. The molecule has 0 fully saturated rings. The molecule has 0 atom stereocenters. The van der Waals surface area contributed by atoms with Gasteiger partial charge in [-0.25, -0.2) is 0 Å². The van der Waals surface area contributed by atoms with Crippen molar-refractivity contribution < 1.29 is 0 Å². The normalized spacial score (nSPS) is 10.8. The highest BCUT2D eigenvalue weighted by molar-refractivity contribution is 5.87. The number of rotatable bonds is 15. The maximum Gasteiger partial charge on any atom is 0.0361 e. The first-order valence-corrected chi connectivity index (χ1v) is 21.0. The van der Waals surface area contributed by atoms with E-state index in [0.29, 0.717) is 0 Å². The molecule has 0 saturated carbocycles. The lowest BCUT2D eigenvalue weighted by atomic mass is 9.87. The molecular formula is C55H64N6. The third kappa shape index (κ3) is 10.9. The van der Waals surface area contributed by atoms with Crippen LogP contribution in [0.2, 0.25) is 0 Å². The lowest BCUT2D eigenvalue weighted by molar-refractivity contribution is 1.07. The smallest absolute Gasteiger partial charge is 0.0361 e. The van der Waals surface area contributed by atoms with Gasteiger partial charge in [-0.2, -0.15) is 0 Å². The highest BCUT2D eigenvalue weighted by atomic mass is 15.1. The van der Waals surface area contributed by atoms with E-state index in [1.54, 1.807) is 0 Å². The highest BCUT2D eigenvalue weighted by Crippen LogP contribution is 2.36. The molecule has 0 aliphatic carbocycles. The number of nitrogens with zero attached hydrogens (tertiary/aromatic N) is 6. The summed E-state index contributed by atoms with van der Waals surface area (Å²) < 4.78 is 0. The Labute approximate surface area is 366 Å². The van der Waals surface area contributed by atoms with Gasteiger partial charge in [-0.3, -0.25) is 0 Å². The van der Waals surface area contributed by atoms with E-state index in [1.807, 2.05) is 0 Å². The Hall–Kier alpha value is -6.66. The molecule has 6 heteroatoms. The van der Waals surface area contributed by atoms with Gasteiger partial charge in [-0.1, -0.05) is 91.0 Å². The number of benzene rings is 6. The molecule has 314 valence electrons. The lowest BCUT2D eigenvalue weighted by Crippen LogP contribution is -2.09. The average molecular weight is 809 g/mol. The fraction of sp³-hybridized carbons (Fsp3) is 0.236. The Bertz CT molecular complexity index is 1980. The van der Waals surface area contributed by atoms with Crippen LogP contribution in [0.4, 0.5) is 34.1 Å². The fourth-order valence-corrected chi connectivity index (χ4v) is 7.43. The fourth-order valence-electron chi connectivity index (χ4n) is 7.43. The largest absolute Gasteiger partial charge is 0.378 e. The summed E-state index contributed by atoms with van der Waals surface area (Å²) in [5.41, 5.74) is 17.5. The molecule has 0 aliphatic rings. The second-order valence-corrected chi connectivity index (χ2v) is 17.0. The average Bonchev–Trinajstić information content (AvgIpc) is 3.26. The molecule has 0 bridgehead atoms. The molecule has 6 rings (SSSR count). The molecule has 6 aromatic carbocycles. The first-order chi connectivity index (χ1) is 29.2. The molecular weight excluding hydrogens is 745 g/mol. The molecule has 0 N–H and O–H groups in total. The Morgan fingerprint density at radius 3 is 0.492 bits per heavy atom. The van der Waals surface area contributed by atoms with Crippen LogP contribution in [0.3, 0.4) is 0 Å². The van der Waals surface area contributed by atoms with Crippen LogP contribution < -0.4 is 29.4 Å². The van der Waals surface area contributed by atoms with Gasteiger partial charge in [0.05, 0.1) is 0 Å². The van der Waals surface area contributed by atoms with Crippen molar-refractivity contribution in [1.82, 2.24) is 0 Å². The van der Waals surface area contributed by atoms with Gasteiger partial charge in [-0.15, -0.1) is 0 Å². The predicted molar refractivity (Wildman–Crippen MR) is 269 cm³/mol. The number of anilines is 6. The lowest BCUT2D eigenvalue weighted by Gasteiger charge is -2.20. The second kappa shape index (κ2) is 19.6. The van der Waals surface area contributed by atoms with Gasteiger partial charge in [-0.05, 0) is 123 Å².